The standard InChI is InChI=1S/C17H17ClN4O2/c1-10-2-4-11(5-3-10)13-14-16(19)20-9-21-17(14)22(6-7-23)15(13)12(24)8-18/h2-5,9,23H,6-8H2,1H3,(H2,19,20,21). The summed E-state index contributed by atoms with van der Waals surface area (Å²) in [5, 5.41) is 10.0. The zero-order valence-corrected chi connectivity index (χ0v) is 13.9. The quantitative estimate of drug-likeness (QED) is 0.547. The predicted octanol–water partition coefficient (Wildman–Crippen LogP) is 2.40. The van der Waals surface area contributed by atoms with Gasteiger partial charge < -0.3 is 15.4 Å². The molecule has 124 valence electrons. The molecule has 0 fully saturated rings. The minimum atomic E-state index is -0.252. The van der Waals surface area contributed by atoms with Crippen LogP contribution >= 0.6 is 11.6 Å². The van der Waals surface area contributed by atoms with Gasteiger partial charge in [-0.1, -0.05) is 29.8 Å². The Bertz CT molecular complexity index is 903. The Morgan fingerprint density at radius 3 is 2.62 bits per heavy atom. The van der Waals surface area contributed by atoms with Crippen molar-refractivity contribution in [3.63, 3.8) is 0 Å². The molecule has 0 bridgehead atoms. The second kappa shape index (κ2) is 6.59. The first-order chi connectivity index (χ1) is 11.6. The van der Waals surface area contributed by atoms with Crippen molar-refractivity contribution in [2.75, 3.05) is 18.2 Å². The SMILES string of the molecule is Cc1ccc(-c2c(C(=O)CCl)n(CCO)c3ncnc(N)c23)cc1. The van der Waals surface area contributed by atoms with Gasteiger partial charge in [0, 0.05) is 12.1 Å². The summed E-state index contributed by atoms with van der Waals surface area (Å²) >= 11 is 5.82. The number of fused-ring (bicyclic) bond motifs is 1. The number of benzene rings is 1. The van der Waals surface area contributed by atoms with Gasteiger partial charge in [-0.3, -0.25) is 4.79 Å². The van der Waals surface area contributed by atoms with Crippen LogP contribution in [0.1, 0.15) is 16.1 Å². The number of rotatable bonds is 5. The van der Waals surface area contributed by atoms with E-state index in [-0.39, 0.29) is 30.6 Å². The number of carbonyl (C=O) groups is 1. The van der Waals surface area contributed by atoms with Crippen molar-refractivity contribution in [3.05, 3.63) is 41.9 Å². The average molecular weight is 345 g/mol. The third-order valence-electron chi connectivity index (χ3n) is 3.92. The second-order valence-electron chi connectivity index (χ2n) is 5.48. The topological polar surface area (TPSA) is 94.0 Å². The van der Waals surface area contributed by atoms with E-state index in [1.165, 1.54) is 6.33 Å². The number of aromatic nitrogens is 3. The van der Waals surface area contributed by atoms with Gasteiger partial charge >= 0.3 is 0 Å². The van der Waals surface area contributed by atoms with Crippen molar-refractivity contribution in [1.29, 1.82) is 0 Å². The van der Waals surface area contributed by atoms with E-state index in [9.17, 15) is 9.90 Å². The van der Waals surface area contributed by atoms with Crippen LogP contribution in [-0.2, 0) is 6.54 Å². The maximum atomic E-state index is 12.5. The van der Waals surface area contributed by atoms with Gasteiger partial charge in [0.1, 0.15) is 17.8 Å². The number of alkyl halides is 1. The van der Waals surface area contributed by atoms with Crippen LogP contribution < -0.4 is 5.73 Å². The lowest BCUT2D eigenvalue weighted by atomic mass is 10.00. The summed E-state index contributed by atoms with van der Waals surface area (Å²) in [4.78, 5) is 20.9. The van der Waals surface area contributed by atoms with Crippen molar-refractivity contribution < 1.29 is 9.90 Å². The van der Waals surface area contributed by atoms with Crippen LogP contribution in [0, 0.1) is 6.92 Å². The molecule has 0 aliphatic carbocycles. The first kappa shape index (κ1) is 16.4. The molecule has 3 rings (SSSR count). The molecule has 2 aromatic heterocycles. The lowest BCUT2D eigenvalue weighted by molar-refractivity contribution is 0.101. The molecule has 1 aromatic carbocycles. The fourth-order valence-electron chi connectivity index (χ4n) is 2.87. The Labute approximate surface area is 143 Å². The zero-order chi connectivity index (χ0) is 17.3. The van der Waals surface area contributed by atoms with Crippen LogP contribution in [0.3, 0.4) is 0 Å². The zero-order valence-electron chi connectivity index (χ0n) is 13.2. The highest BCUT2D eigenvalue weighted by Crippen LogP contribution is 2.37. The van der Waals surface area contributed by atoms with E-state index in [2.05, 4.69) is 9.97 Å². The largest absolute Gasteiger partial charge is 0.395 e. The number of anilines is 1. The summed E-state index contributed by atoms with van der Waals surface area (Å²) < 4.78 is 1.66. The van der Waals surface area contributed by atoms with Crippen molar-refractivity contribution in [2.45, 2.75) is 13.5 Å². The lowest BCUT2D eigenvalue weighted by Gasteiger charge is -2.09. The van der Waals surface area contributed by atoms with E-state index in [0.29, 0.717) is 22.3 Å². The number of hydrogen-bond acceptors (Lipinski definition) is 5. The fourth-order valence-corrected chi connectivity index (χ4v) is 2.99. The fraction of sp³-hybridized carbons (Fsp3) is 0.235. The summed E-state index contributed by atoms with van der Waals surface area (Å²) in [5.41, 5.74) is 9.57. The molecule has 7 heteroatoms. The van der Waals surface area contributed by atoms with Gasteiger partial charge in [0.15, 0.2) is 5.78 Å². The molecule has 0 amide bonds. The molecule has 0 atom stereocenters. The molecule has 24 heavy (non-hydrogen) atoms. The first-order valence-electron chi connectivity index (χ1n) is 7.48. The van der Waals surface area contributed by atoms with Gasteiger partial charge in [-0.15, -0.1) is 11.6 Å². The third kappa shape index (κ3) is 2.64. The van der Waals surface area contributed by atoms with Crippen LogP contribution in [0.2, 0.25) is 0 Å². The number of hydrogen-bond donors (Lipinski definition) is 2. The number of nitrogens with two attached hydrogens (primary N) is 1. The number of Topliss-reactive ketones (excluding diaryl/α,β-unsaturated/α-hetero) is 1. The second-order valence-corrected chi connectivity index (χ2v) is 5.75. The summed E-state index contributed by atoms with van der Waals surface area (Å²) in [6.45, 7) is 2.07. The summed E-state index contributed by atoms with van der Waals surface area (Å²) in [6, 6.07) is 7.76. The van der Waals surface area contributed by atoms with Gasteiger partial charge in [0.05, 0.1) is 23.6 Å². The Hall–Kier alpha value is -2.44. The molecule has 0 radical (unpaired) electrons. The number of carbonyl (C=O) groups excluding carboxylic acids is 1. The molecular weight excluding hydrogens is 328 g/mol. The number of aliphatic hydroxyl groups excluding tert-OH is 1. The van der Waals surface area contributed by atoms with E-state index < -0.39 is 0 Å². The van der Waals surface area contributed by atoms with E-state index in [0.717, 1.165) is 11.1 Å². The summed E-state index contributed by atoms with van der Waals surface area (Å²) in [6.07, 6.45) is 1.35. The number of aliphatic hydroxyl groups is 1. The highest BCUT2D eigenvalue weighted by atomic mass is 35.5. The summed E-state index contributed by atoms with van der Waals surface area (Å²) in [5.74, 6) is -0.137. The third-order valence-corrected chi connectivity index (χ3v) is 4.16. The monoisotopic (exact) mass is 344 g/mol. The molecule has 0 saturated carbocycles. The van der Waals surface area contributed by atoms with E-state index in [1.807, 2.05) is 31.2 Å². The normalized spacial score (nSPS) is 11.1. The number of halogens is 1. The lowest BCUT2D eigenvalue weighted by Crippen LogP contribution is -2.13. The van der Waals surface area contributed by atoms with Crippen LogP contribution in [0.25, 0.3) is 22.2 Å². The highest BCUT2D eigenvalue weighted by molar-refractivity contribution is 6.32. The van der Waals surface area contributed by atoms with Crippen molar-refractivity contribution in [1.82, 2.24) is 14.5 Å². The molecule has 2 heterocycles. The van der Waals surface area contributed by atoms with E-state index in [4.69, 9.17) is 17.3 Å². The first-order valence-corrected chi connectivity index (χ1v) is 8.01. The summed E-state index contributed by atoms with van der Waals surface area (Å²) in [7, 11) is 0. The average Bonchev–Trinajstić information content (AvgIpc) is 2.91. The maximum absolute atomic E-state index is 12.5. The highest BCUT2D eigenvalue weighted by Gasteiger charge is 2.25. The molecule has 3 N–H and O–H groups in total. The van der Waals surface area contributed by atoms with Gasteiger partial charge in [-0.25, -0.2) is 9.97 Å². The number of aryl methyl sites for hydroxylation is 1. The molecule has 3 aromatic rings. The predicted molar refractivity (Wildman–Crippen MR) is 94.2 cm³/mol. The molecule has 0 unspecified atom stereocenters. The molecule has 0 aliphatic rings. The van der Waals surface area contributed by atoms with Crippen LogP contribution in [0.5, 0.6) is 0 Å². The van der Waals surface area contributed by atoms with Gasteiger partial charge in [0.25, 0.3) is 0 Å². The van der Waals surface area contributed by atoms with Crippen LogP contribution in [0.15, 0.2) is 30.6 Å². The molecule has 0 saturated heterocycles. The van der Waals surface area contributed by atoms with Crippen LogP contribution in [0.4, 0.5) is 5.82 Å². The van der Waals surface area contributed by atoms with Gasteiger partial charge in [0.2, 0.25) is 0 Å². The minimum Gasteiger partial charge on any atom is -0.395 e. The number of nitrogens with zero attached hydrogens (tertiary/aromatic N) is 3. The van der Waals surface area contributed by atoms with Crippen molar-refractivity contribution in [2.24, 2.45) is 0 Å². The van der Waals surface area contributed by atoms with Crippen molar-refractivity contribution >= 4 is 34.2 Å². The van der Waals surface area contributed by atoms with Crippen molar-refractivity contribution in [3.8, 4) is 11.1 Å². The number of nitrogen functional groups attached to an aromatic ring is 1. The molecule has 6 nitrogen and oxygen atoms in total. The Morgan fingerprint density at radius 1 is 1.29 bits per heavy atom. The maximum Gasteiger partial charge on any atom is 0.194 e. The Morgan fingerprint density at radius 2 is 2.00 bits per heavy atom. The number of ketones is 1. The Balaban J connectivity index is 2.44. The molecular formula is C17H17ClN4O2. The van der Waals surface area contributed by atoms with Crippen LogP contribution in [-0.4, -0.2) is 37.9 Å². The van der Waals surface area contributed by atoms with Gasteiger partial charge in [-0.05, 0) is 12.5 Å². The van der Waals surface area contributed by atoms with E-state index >= 15 is 0 Å². The van der Waals surface area contributed by atoms with E-state index in [1.54, 1.807) is 4.57 Å². The smallest absolute Gasteiger partial charge is 0.194 e. The molecule has 0 aliphatic heterocycles. The van der Waals surface area contributed by atoms with Gasteiger partial charge in [-0.2, -0.15) is 0 Å². The Kier molecular flexibility index (Phi) is 4.51. The minimum absolute atomic E-state index is 0.135. The molecule has 0 spiro atoms.